The Labute approximate surface area is 112 Å². The lowest BCUT2D eigenvalue weighted by atomic mass is 9.98. The standard InChI is InChI=1S/C15H20F2O2/c1-10-8-14(17)12(9-13(10)16)15(18)6-5-11-4-2-3-7-19-11/h8-9,11,15,18H,2-7H2,1H3. The zero-order valence-electron chi connectivity index (χ0n) is 11.2. The van der Waals surface area contributed by atoms with E-state index in [1.54, 1.807) is 0 Å². The molecule has 0 aliphatic carbocycles. The van der Waals surface area contributed by atoms with Crippen molar-refractivity contribution in [3.05, 3.63) is 34.9 Å². The van der Waals surface area contributed by atoms with Crippen LogP contribution in [0.2, 0.25) is 0 Å². The zero-order chi connectivity index (χ0) is 13.8. The van der Waals surface area contributed by atoms with Crippen LogP contribution in [0.1, 0.15) is 49.3 Å². The molecule has 4 heteroatoms. The van der Waals surface area contributed by atoms with Crippen molar-refractivity contribution in [3.8, 4) is 0 Å². The van der Waals surface area contributed by atoms with E-state index in [-0.39, 0.29) is 17.2 Å². The average molecular weight is 270 g/mol. The molecule has 1 aromatic carbocycles. The number of benzene rings is 1. The van der Waals surface area contributed by atoms with E-state index in [0.717, 1.165) is 38.0 Å². The molecule has 1 aliphatic heterocycles. The number of aliphatic hydroxyl groups is 1. The molecule has 0 saturated carbocycles. The predicted octanol–water partition coefficient (Wildman–Crippen LogP) is 3.66. The van der Waals surface area contributed by atoms with E-state index in [4.69, 9.17) is 4.74 Å². The lowest BCUT2D eigenvalue weighted by molar-refractivity contribution is 0.00188. The van der Waals surface area contributed by atoms with Crippen molar-refractivity contribution in [2.24, 2.45) is 0 Å². The number of ether oxygens (including phenoxy) is 1. The minimum Gasteiger partial charge on any atom is -0.388 e. The Morgan fingerprint density at radius 3 is 2.79 bits per heavy atom. The summed E-state index contributed by atoms with van der Waals surface area (Å²) in [5, 5.41) is 9.99. The molecule has 1 fully saturated rings. The van der Waals surface area contributed by atoms with Crippen LogP contribution in [0.5, 0.6) is 0 Å². The number of rotatable bonds is 4. The maximum absolute atomic E-state index is 13.7. The molecule has 2 atom stereocenters. The van der Waals surface area contributed by atoms with Gasteiger partial charge in [0.05, 0.1) is 12.2 Å². The van der Waals surface area contributed by atoms with Crippen molar-refractivity contribution in [2.45, 2.75) is 51.2 Å². The number of aliphatic hydroxyl groups excluding tert-OH is 1. The molecule has 1 saturated heterocycles. The van der Waals surface area contributed by atoms with E-state index in [0.29, 0.717) is 12.8 Å². The fourth-order valence-corrected chi connectivity index (χ4v) is 2.45. The maximum Gasteiger partial charge on any atom is 0.129 e. The van der Waals surface area contributed by atoms with Crippen molar-refractivity contribution < 1.29 is 18.6 Å². The first-order valence-corrected chi connectivity index (χ1v) is 6.83. The summed E-state index contributed by atoms with van der Waals surface area (Å²) in [6, 6.07) is 2.22. The fraction of sp³-hybridized carbons (Fsp3) is 0.600. The second-order valence-corrected chi connectivity index (χ2v) is 5.20. The number of hydrogen-bond acceptors (Lipinski definition) is 2. The molecule has 1 N–H and O–H groups in total. The van der Waals surface area contributed by atoms with E-state index in [1.807, 2.05) is 0 Å². The molecule has 2 nitrogen and oxygen atoms in total. The number of hydrogen-bond donors (Lipinski definition) is 1. The van der Waals surface area contributed by atoms with Crippen LogP contribution in [-0.4, -0.2) is 17.8 Å². The zero-order valence-corrected chi connectivity index (χ0v) is 11.2. The molecule has 0 spiro atoms. The second kappa shape index (κ2) is 6.44. The Morgan fingerprint density at radius 2 is 2.11 bits per heavy atom. The third-order valence-corrected chi connectivity index (χ3v) is 3.67. The van der Waals surface area contributed by atoms with E-state index < -0.39 is 17.7 Å². The maximum atomic E-state index is 13.7. The topological polar surface area (TPSA) is 29.5 Å². The van der Waals surface area contributed by atoms with Crippen LogP contribution in [-0.2, 0) is 4.74 Å². The van der Waals surface area contributed by atoms with Gasteiger partial charge in [-0.05, 0) is 56.7 Å². The highest BCUT2D eigenvalue weighted by molar-refractivity contribution is 5.26. The number of aryl methyl sites for hydroxylation is 1. The summed E-state index contributed by atoms with van der Waals surface area (Å²) in [6.07, 6.45) is 3.44. The Morgan fingerprint density at radius 1 is 1.32 bits per heavy atom. The SMILES string of the molecule is Cc1cc(F)c(C(O)CCC2CCCCO2)cc1F. The van der Waals surface area contributed by atoms with Crippen LogP contribution in [0.4, 0.5) is 8.78 Å². The summed E-state index contributed by atoms with van der Waals surface area (Å²) in [7, 11) is 0. The summed E-state index contributed by atoms with van der Waals surface area (Å²) >= 11 is 0. The molecular weight excluding hydrogens is 250 g/mol. The van der Waals surface area contributed by atoms with Crippen LogP contribution in [0.15, 0.2) is 12.1 Å². The first-order valence-electron chi connectivity index (χ1n) is 6.83. The molecule has 106 valence electrons. The van der Waals surface area contributed by atoms with Crippen molar-refractivity contribution in [1.82, 2.24) is 0 Å². The molecular formula is C15H20F2O2. The van der Waals surface area contributed by atoms with Gasteiger partial charge in [-0.25, -0.2) is 8.78 Å². The van der Waals surface area contributed by atoms with E-state index >= 15 is 0 Å². The quantitative estimate of drug-likeness (QED) is 0.904. The van der Waals surface area contributed by atoms with E-state index in [9.17, 15) is 13.9 Å². The molecule has 0 amide bonds. The van der Waals surface area contributed by atoms with Crippen LogP contribution < -0.4 is 0 Å². The van der Waals surface area contributed by atoms with Gasteiger partial charge in [0.1, 0.15) is 11.6 Å². The van der Waals surface area contributed by atoms with Gasteiger partial charge in [-0.2, -0.15) is 0 Å². The van der Waals surface area contributed by atoms with Crippen molar-refractivity contribution in [3.63, 3.8) is 0 Å². The summed E-state index contributed by atoms with van der Waals surface area (Å²) in [6.45, 7) is 2.26. The minimum atomic E-state index is -0.972. The van der Waals surface area contributed by atoms with Gasteiger partial charge < -0.3 is 9.84 Å². The smallest absolute Gasteiger partial charge is 0.129 e. The highest BCUT2D eigenvalue weighted by Gasteiger charge is 2.19. The highest BCUT2D eigenvalue weighted by Crippen LogP contribution is 2.26. The molecule has 2 rings (SSSR count). The molecule has 0 bridgehead atoms. The van der Waals surface area contributed by atoms with Gasteiger partial charge >= 0.3 is 0 Å². The predicted molar refractivity (Wildman–Crippen MR) is 68.9 cm³/mol. The first-order chi connectivity index (χ1) is 9.08. The minimum absolute atomic E-state index is 0.0407. The van der Waals surface area contributed by atoms with Gasteiger partial charge in [0.15, 0.2) is 0 Å². The second-order valence-electron chi connectivity index (χ2n) is 5.20. The average Bonchev–Trinajstić information content (AvgIpc) is 2.41. The summed E-state index contributed by atoms with van der Waals surface area (Å²) in [5.74, 6) is -1.03. The molecule has 1 aliphatic rings. The van der Waals surface area contributed by atoms with Crippen LogP contribution >= 0.6 is 0 Å². The molecule has 1 aromatic rings. The molecule has 0 radical (unpaired) electrons. The van der Waals surface area contributed by atoms with Crippen molar-refractivity contribution >= 4 is 0 Å². The molecule has 1 heterocycles. The largest absolute Gasteiger partial charge is 0.388 e. The first kappa shape index (κ1) is 14.4. The fourth-order valence-electron chi connectivity index (χ4n) is 2.45. The molecule has 2 unspecified atom stereocenters. The van der Waals surface area contributed by atoms with E-state index in [1.165, 1.54) is 6.92 Å². The monoisotopic (exact) mass is 270 g/mol. The Hall–Kier alpha value is -1.00. The van der Waals surface area contributed by atoms with Crippen LogP contribution in [0.3, 0.4) is 0 Å². The Balaban J connectivity index is 1.95. The molecule has 0 aromatic heterocycles. The third-order valence-electron chi connectivity index (χ3n) is 3.67. The van der Waals surface area contributed by atoms with E-state index in [2.05, 4.69) is 0 Å². The Bertz CT molecular complexity index is 428. The lowest BCUT2D eigenvalue weighted by Gasteiger charge is -2.23. The summed E-state index contributed by atoms with van der Waals surface area (Å²) in [5.41, 5.74) is 0.294. The van der Waals surface area contributed by atoms with Gasteiger partial charge in [-0.15, -0.1) is 0 Å². The van der Waals surface area contributed by atoms with Gasteiger partial charge in [0.25, 0.3) is 0 Å². The summed E-state index contributed by atoms with van der Waals surface area (Å²) in [4.78, 5) is 0. The van der Waals surface area contributed by atoms with Gasteiger partial charge in [-0.1, -0.05) is 0 Å². The van der Waals surface area contributed by atoms with Crippen LogP contribution in [0, 0.1) is 18.6 Å². The Kier molecular flexibility index (Phi) is 4.88. The number of halogens is 2. The summed E-state index contributed by atoms with van der Waals surface area (Å²) < 4.78 is 32.7. The lowest BCUT2D eigenvalue weighted by Crippen LogP contribution is -2.19. The van der Waals surface area contributed by atoms with Crippen LogP contribution in [0.25, 0.3) is 0 Å². The van der Waals surface area contributed by atoms with Gasteiger partial charge in [-0.3, -0.25) is 0 Å². The van der Waals surface area contributed by atoms with Crippen molar-refractivity contribution in [1.29, 1.82) is 0 Å². The van der Waals surface area contributed by atoms with Crippen molar-refractivity contribution in [2.75, 3.05) is 6.61 Å². The van der Waals surface area contributed by atoms with Gasteiger partial charge in [0, 0.05) is 12.2 Å². The third kappa shape index (κ3) is 3.74. The molecule has 19 heavy (non-hydrogen) atoms. The normalized spacial score (nSPS) is 21.4. The van der Waals surface area contributed by atoms with Gasteiger partial charge in [0.2, 0.25) is 0 Å². The highest BCUT2D eigenvalue weighted by atomic mass is 19.1.